The fraction of sp³-hybridized carbons (Fsp3) is 0.647. The number of halogens is 1. The van der Waals surface area contributed by atoms with Crippen LogP contribution in [0.3, 0.4) is 0 Å². The van der Waals surface area contributed by atoms with Crippen molar-refractivity contribution in [1.82, 2.24) is 5.32 Å². The lowest BCUT2D eigenvalue weighted by Gasteiger charge is -2.24. The second kappa shape index (κ2) is 5.62. The van der Waals surface area contributed by atoms with Crippen molar-refractivity contribution in [3.63, 3.8) is 0 Å². The van der Waals surface area contributed by atoms with E-state index in [0.717, 1.165) is 25.1 Å². The average Bonchev–Trinajstić information content (AvgIpc) is 2.53. The van der Waals surface area contributed by atoms with Crippen LogP contribution in [0.1, 0.15) is 51.2 Å². The maximum Gasteiger partial charge on any atom is 0.116 e. The van der Waals surface area contributed by atoms with Crippen molar-refractivity contribution < 1.29 is 4.39 Å². The molecule has 2 rings (SSSR count). The molecule has 0 aromatic heterocycles. The van der Waals surface area contributed by atoms with Crippen LogP contribution in [0.5, 0.6) is 0 Å². The first kappa shape index (κ1) is 14.5. The van der Waals surface area contributed by atoms with E-state index in [4.69, 9.17) is 0 Å². The molecule has 1 N–H and O–H groups in total. The van der Waals surface area contributed by atoms with Crippen LogP contribution in [0.2, 0.25) is 0 Å². The van der Waals surface area contributed by atoms with Gasteiger partial charge in [0.15, 0.2) is 0 Å². The van der Waals surface area contributed by atoms with E-state index in [1.807, 2.05) is 0 Å². The molecular weight excluding hydrogens is 237 g/mol. The van der Waals surface area contributed by atoms with E-state index in [-0.39, 0.29) is 5.41 Å². The average molecular weight is 263 g/mol. The van der Waals surface area contributed by atoms with Gasteiger partial charge in [0, 0.05) is 6.42 Å². The van der Waals surface area contributed by atoms with Crippen molar-refractivity contribution in [2.24, 2.45) is 0 Å². The molecule has 0 bridgehead atoms. The maximum absolute atomic E-state index is 14.8. The fourth-order valence-electron chi connectivity index (χ4n) is 2.76. The summed E-state index contributed by atoms with van der Waals surface area (Å²) in [5, 5.41) is 3.28. The van der Waals surface area contributed by atoms with Crippen molar-refractivity contribution in [2.45, 2.75) is 57.5 Å². The molecule has 1 nitrogen and oxygen atoms in total. The molecule has 1 fully saturated rings. The van der Waals surface area contributed by atoms with Gasteiger partial charge in [-0.15, -0.1) is 0 Å². The molecule has 19 heavy (non-hydrogen) atoms. The minimum absolute atomic E-state index is 0.165. The number of rotatable bonds is 2. The Morgan fingerprint density at radius 3 is 2.42 bits per heavy atom. The molecule has 1 aliphatic heterocycles. The highest BCUT2D eigenvalue weighted by molar-refractivity contribution is 5.28. The predicted octanol–water partition coefficient (Wildman–Crippen LogP) is 4.01. The Balaban J connectivity index is 2.06. The third-order valence-electron chi connectivity index (χ3n) is 4.07. The van der Waals surface area contributed by atoms with Crippen molar-refractivity contribution >= 4 is 0 Å². The highest BCUT2D eigenvalue weighted by Crippen LogP contribution is 2.30. The van der Waals surface area contributed by atoms with Crippen LogP contribution in [-0.4, -0.2) is 18.8 Å². The van der Waals surface area contributed by atoms with E-state index in [1.165, 1.54) is 5.56 Å². The molecule has 0 radical (unpaired) electrons. The monoisotopic (exact) mass is 263 g/mol. The Labute approximate surface area is 116 Å². The van der Waals surface area contributed by atoms with Gasteiger partial charge in [0.2, 0.25) is 0 Å². The van der Waals surface area contributed by atoms with Crippen LogP contribution in [0.4, 0.5) is 4.39 Å². The number of nitrogens with one attached hydrogen (secondary N) is 1. The van der Waals surface area contributed by atoms with Crippen molar-refractivity contribution in [2.75, 3.05) is 13.1 Å². The van der Waals surface area contributed by atoms with E-state index in [2.05, 4.69) is 50.4 Å². The zero-order valence-electron chi connectivity index (χ0n) is 12.4. The summed E-state index contributed by atoms with van der Waals surface area (Å²) in [4.78, 5) is 0. The Morgan fingerprint density at radius 2 is 1.79 bits per heavy atom. The molecule has 1 unspecified atom stereocenters. The molecule has 0 aliphatic carbocycles. The van der Waals surface area contributed by atoms with Crippen LogP contribution in [0.15, 0.2) is 24.3 Å². The predicted molar refractivity (Wildman–Crippen MR) is 79.4 cm³/mol. The highest BCUT2D eigenvalue weighted by atomic mass is 19.1. The van der Waals surface area contributed by atoms with Gasteiger partial charge in [-0.25, -0.2) is 4.39 Å². The molecule has 0 spiro atoms. The van der Waals surface area contributed by atoms with Gasteiger partial charge in [0.25, 0.3) is 0 Å². The topological polar surface area (TPSA) is 12.0 Å². The van der Waals surface area contributed by atoms with Crippen LogP contribution in [-0.2, 0) is 11.8 Å². The fourth-order valence-corrected chi connectivity index (χ4v) is 2.76. The summed E-state index contributed by atoms with van der Waals surface area (Å²) in [6.45, 7) is 8.37. The lowest BCUT2D eigenvalue weighted by Crippen LogP contribution is -2.27. The summed E-state index contributed by atoms with van der Waals surface area (Å²) >= 11 is 0. The van der Waals surface area contributed by atoms with Crippen LogP contribution >= 0.6 is 0 Å². The Hall–Kier alpha value is -0.890. The Bertz CT molecular complexity index is 394. The lowest BCUT2D eigenvalue weighted by molar-refractivity contribution is 0.144. The molecule has 1 atom stereocenters. The van der Waals surface area contributed by atoms with Crippen molar-refractivity contribution in [3.05, 3.63) is 35.4 Å². The van der Waals surface area contributed by atoms with Crippen LogP contribution < -0.4 is 5.32 Å². The molecule has 1 aliphatic rings. The summed E-state index contributed by atoms with van der Waals surface area (Å²) < 4.78 is 14.8. The second-order valence-electron chi connectivity index (χ2n) is 6.88. The van der Waals surface area contributed by atoms with Gasteiger partial charge in [-0.05, 0) is 48.9 Å². The quantitative estimate of drug-likeness (QED) is 0.850. The van der Waals surface area contributed by atoms with Crippen LogP contribution in [0.25, 0.3) is 0 Å². The minimum Gasteiger partial charge on any atom is -0.317 e. The molecule has 1 saturated heterocycles. The number of hydrogen-bond acceptors (Lipinski definition) is 1. The zero-order chi connectivity index (χ0) is 13.9. The standard InChI is InChI=1S/C17H26FN/c1-16(2,3)15-7-5-14(6-8-15)13-17(18)9-4-11-19-12-10-17/h5-8,19H,4,9-13H2,1-3H3. The molecule has 0 amide bonds. The van der Waals surface area contributed by atoms with Gasteiger partial charge < -0.3 is 5.32 Å². The largest absolute Gasteiger partial charge is 0.317 e. The summed E-state index contributed by atoms with van der Waals surface area (Å²) in [7, 11) is 0. The molecule has 106 valence electrons. The number of hydrogen-bond donors (Lipinski definition) is 1. The molecule has 1 heterocycles. The SMILES string of the molecule is CC(C)(C)c1ccc(CC2(F)CCCNCC2)cc1. The summed E-state index contributed by atoms with van der Waals surface area (Å²) in [5.74, 6) is 0. The van der Waals surface area contributed by atoms with Gasteiger partial charge in [0.05, 0.1) is 0 Å². The lowest BCUT2D eigenvalue weighted by atomic mass is 9.85. The first-order valence-electron chi connectivity index (χ1n) is 7.38. The third kappa shape index (κ3) is 4.04. The third-order valence-corrected chi connectivity index (χ3v) is 4.07. The van der Waals surface area contributed by atoms with Gasteiger partial charge >= 0.3 is 0 Å². The van der Waals surface area contributed by atoms with Gasteiger partial charge in [0.1, 0.15) is 5.67 Å². The summed E-state index contributed by atoms with van der Waals surface area (Å²) in [6, 6.07) is 8.49. The van der Waals surface area contributed by atoms with Gasteiger partial charge in [-0.2, -0.15) is 0 Å². The molecule has 1 aromatic rings. The number of benzene rings is 1. The normalized spacial score (nSPS) is 25.1. The van der Waals surface area contributed by atoms with Crippen LogP contribution in [0, 0.1) is 0 Å². The second-order valence-corrected chi connectivity index (χ2v) is 6.88. The van der Waals surface area contributed by atoms with E-state index in [1.54, 1.807) is 0 Å². The first-order valence-corrected chi connectivity index (χ1v) is 7.38. The van der Waals surface area contributed by atoms with Crippen molar-refractivity contribution in [1.29, 1.82) is 0 Å². The van der Waals surface area contributed by atoms with Gasteiger partial charge in [-0.1, -0.05) is 45.0 Å². The first-order chi connectivity index (χ1) is 8.89. The minimum atomic E-state index is -1.02. The van der Waals surface area contributed by atoms with Crippen molar-refractivity contribution in [3.8, 4) is 0 Å². The Kier molecular flexibility index (Phi) is 4.29. The van der Waals surface area contributed by atoms with E-state index < -0.39 is 5.67 Å². The summed E-state index contributed by atoms with van der Waals surface area (Å²) in [6.07, 6.45) is 2.81. The number of alkyl halides is 1. The summed E-state index contributed by atoms with van der Waals surface area (Å²) in [5.41, 5.74) is 1.58. The van der Waals surface area contributed by atoms with E-state index in [9.17, 15) is 4.39 Å². The van der Waals surface area contributed by atoms with Gasteiger partial charge in [-0.3, -0.25) is 0 Å². The molecule has 0 saturated carbocycles. The van der Waals surface area contributed by atoms with E-state index >= 15 is 0 Å². The molecule has 2 heteroatoms. The molecule has 1 aromatic carbocycles. The maximum atomic E-state index is 14.8. The smallest absolute Gasteiger partial charge is 0.116 e. The van der Waals surface area contributed by atoms with E-state index in [0.29, 0.717) is 19.3 Å². The Morgan fingerprint density at radius 1 is 1.11 bits per heavy atom. The molecular formula is C17H26FN. The highest BCUT2D eigenvalue weighted by Gasteiger charge is 2.30. The zero-order valence-corrected chi connectivity index (χ0v) is 12.4.